The van der Waals surface area contributed by atoms with E-state index in [1.54, 1.807) is 43.7 Å². The van der Waals surface area contributed by atoms with E-state index in [0.717, 1.165) is 10.2 Å². The smallest absolute Gasteiger partial charge is 0.435 e. The Bertz CT molecular complexity index is 919. The first-order valence-corrected chi connectivity index (χ1v) is 7.17. The van der Waals surface area contributed by atoms with Gasteiger partial charge >= 0.3 is 6.09 Å². The van der Waals surface area contributed by atoms with Crippen molar-refractivity contribution in [3.63, 3.8) is 0 Å². The lowest BCUT2D eigenvalue weighted by atomic mass is 10.2. The summed E-state index contributed by atoms with van der Waals surface area (Å²) in [5.41, 5.74) is 1.69. The molecule has 0 aliphatic rings. The number of hydrogen-bond donors (Lipinski definition) is 1. The highest BCUT2D eigenvalue weighted by Gasteiger charge is 2.19. The standard InChI is InChI=1S/C15H16N6O3/c1-15(2,3)24-14(22)21-8-10(6-17-21)13-12-4-5-16-20(12)9-11(19-13)7-18-23/h4-9,23H,1-3H3/b18-7+. The Morgan fingerprint density at radius 2 is 2.12 bits per heavy atom. The summed E-state index contributed by atoms with van der Waals surface area (Å²) < 4.78 is 7.99. The second kappa shape index (κ2) is 5.76. The first-order valence-electron chi connectivity index (χ1n) is 7.17. The van der Waals surface area contributed by atoms with E-state index in [1.807, 2.05) is 0 Å². The SMILES string of the molecule is CC(C)(C)OC(=O)n1cc(-c2nc(/C=N/O)cn3nccc23)cn1. The average molecular weight is 328 g/mol. The highest BCUT2D eigenvalue weighted by molar-refractivity contribution is 5.83. The maximum Gasteiger partial charge on any atom is 0.435 e. The molecule has 0 saturated carbocycles. The van der Waals surface area contributed by atoms with Gasteiger partial charge in [-0.2, -0.15) is 14.9 Å². The largest absolute Gasteiger partial charge is 0.442 e. The van der Waals surface area contributed by atoms with Gasteiger partial charge in [0.1, 0.15) is 11.3 Å². The second-order valence-electron chi connectivity index (χ2n) is 6.07. The van der Waals surface area contributed by atoms with Crippen molar-refractivity contribution in [3.05, 3.63) is 36.5 Å². The minimum absolute atomic E-state index is 0.411. The van der Waals surface area contributed by atoms with Crippen LogP contribution in [0.25, 0.3) is 16.8 Å². The van der Waals surface area contributed by atoms with Gasteiger partial charge in [0.2, 0.25) is 0 Å². The molecule has 0 fully saturated rings. The molecule has 0 amide bonds. The predicted octanol–water partition coefficient (Wildman–Crippen LogP) is 2.18. The van der Waals surface area contributed by atoms with Crippen LogP contribution in [0.3, 0.4) is 0 Å². The number of nitrogens with zero attached hydrogens (tertiary/aromatic N) is 6. The molecule has 0 atom stereocenters. The first-order chi connectivity index (χ1) is 11.4. The topological polar surface area (TPSA) is 107 Å². The van der Waals surface area contributed by atoms with Crippen molar-refractivity contribution in [2.24, 2.45) is 5.16 Å². The molecule has 0 bridgehead atoms. The summed E-state index contributed by atoms with van der Waals surface area (Å²) in [6.45, 7) is 5.35. The molecule has 0 aromatic carbocycles. The molecule has 1 N–H and O–H groups in total. The number of hydrogen-bond acceptors (Lipinski definition) is 7. The van der Waals surface area contributed by atoms with Crippen LogP contribution >= 0.6 is 0 Å². The first kappa shape index (κ1) is 15.7. The van der Waals surface area contributed by atoms with Crippen molar-refractivity contribution in [2.75, 3.05) is 0 Å². The van der Waals surface area contributed by atoms with E-state index in [0.29, 0.717) is 17.0 Å². The maximum atomic E-state index is 12.1. The lowest BCUT2D eigenvalue weighted by Crippen LogP contribution is -2.27. The molecule has 9 nitrogen and oxygen atoms in total. The van der Waals surface area contributed by atoms with Gasteiger partial charge in [0.05, 0.1) is 36.0 Å². The van der Waals surface area contributed by atoms with Gasteiger partial charge in [0, 0.05) is 11.8 Å². The van der Waals surface area contributed by atoms with Gasteiger partial charge in [-0.1, -0.05) is 5.16 Å². The lowest BCUT2D eigenvalue weighted by Gasteiger charge is -2.18. The summed E-state index contributed by atoms with van der Waals surface area (Å²) in [6, 6.07) is 1.78. The van der Waals surface area contributed by atoms with E-state index in [2.05, 4.69) is 20.3 Å². The van der Waals surface area contributed by atoms with Crippen LogP contribution in [0, 0.1) is 0 Å². The van der Waals surface area contributed by atoms with Crippen LogP contribution in [0.15, 0.2) is 36.0 Å². The number of fused-ring (bicyclic) bond motifs is 1. The third-order valence-electron chi connectivity index (χ3n) is 3.03. The molecule has 0 spiro atoms. The highest BCUT2D eigenvalue weighted by Crippen LogP contribution is 2.22. The molecule has 124 valence electrons. The Morgan fingerprint density at radius 3 is 2.83 bits per heavy atom. The monoisotopic (exact) mass is 328 g/mol. The molecule has 9 heteroatoms. The van der Waals surface area contributed by atoms with Gasteiger partial charge in [-0.3, -0.25) is 0 Å². The quantitative estimate of drug-likeness (QED) is 0.439. The predicted molar refractivity (Wildman–Crippen MR) is 85.2 cm³/mol. The summed E-state index contributed by atoms with van der Waals surface area (Å²) >= 11 is 0. The number of carbonyl (C=O) groups is 1. The molecule has 3 heterocycles. The number of aromatic nitrogens is 5. The zero-order valence-corrected chi connectivity index (χ0v) is 13.4. The summed E-state index contributed by atoms with van der Waals surface area (Å²) in [5.74, 6) is 0. The molecule has 0 unspecified atom stereocenters. The molecular formula is C15H16N6O3. The Hall–Kier alpha value is -3.23. The van der Waals surface area contributed by atoms with Crippen molar-refractivity contribution in [1.82, 2.24) is 24.4 Å². The fourth-order valence-corrected chi connectivity index (χ4v) is 2.13. The van der Waals surface area contributed by atoms with Crippen LogP contribution < -0.4 is 0 Å². The van der Waals surface area contributed by atoms with Gasteiger partial charge in [0.15, 0.2) is 0 Å². The Kier molecular flexibility index (Phi) is 3.76. The molecule has 0 aliphatic heterocycles. The van der Waals surface area contributed by atoms with Crippen LogP contribution in [0.4, 0.5) is 4.79 Å². The molecule has 0 radical (unpaired) electrons. The molecule has 0 saturated heterocycles. The summed E-state index contributed by atoms with van der Waals surface area (Å²) in [4.78, 5) is 16.5. The molecule has 24 heavy (non-hydrogen) atoms. The fraction of sp³-hybridized carbons (Fsp3) is 0.267. The van der Waals surface area contributed by atoms with Gasteiger partial charge < -0.3 is 9.94 Å². The summed E-state index contributed by atoms with van der Waals surface area (Å²) in [6.07, 6.45) is 6.91. The fourth-order valence-electron chi connectivity index (χ4n) is 2.13. The molecule has 3 rings (SSSR count). The Balaban J connectivity index is 2.02. The van der Waals surface area contributed by atoms with E-state index in [1.165, 1.54) is 18.6 Å². The summed E-state index contributed by atoms with van der Waals surface area (Å²) in [7, 11) is 0. The number of ether oxygens (including phenoxy) is 1. The van der Waals surface area contributed by atoms with Gasteiger partial charge in [-0.15, -0.1) is 0 Å². The van der Waals surface area contributed by atoms with Gasteiger partial charge in [-0.25, -0.2) is 14.3 Å². The van der Waals surface area contributed by atoms with Crippen LogP contribution in [-0.4, -0.2) is 47.5 Å². The second-order valence-corrected chi connectivity index (χ2v) is 6.07. The number of carbonyl (C=O) groups excluding carboxylic acids is 1. The normalized spacial score (nSPS) is 12.1. The Morgan fingerprint density at radius 1 is 1.33 bits per heavy atom. The molecular weight excluding hydrogens is 312 g/mol. The van der Waals surface area contributed by atoms with E-state index in [-0.39, 0.29) is 0 Å². The van der Waals surface area contributed by atoms with Crippen LogP contribution in [0.2, 0.25) is 0 Å². The molecule has 3 aromatic heterocycles. The molecule has 3 aromatic rings. The van der Waals surface area contributed by atoms with Crippen LogP contribution in [-0.2, 0) is 4.74 Å². The lowest BCUT2D eigenvalue weighted by molar-refractivity contribution is 0.0514. The minimum atomic E-state index is -0.613. The zero-order valence-electron chi connectivity index (χ0n) is 13.4. The van der Waals surface area contributed by atoms with E-state index >= 15 is 0 Å². The highest BCUT2D eigenvalue weighted by atomic mass is 16.6. The number of oxime groups is 1. The van der Waals surface area contributed by atoms with E-state index < -0.39 is 11.7 Å². The third kappa shape index (κ3) is 3.09. The number of rotatable bonds is 2. The van der Waals surface area contributed by atoms with Crippen molar-refractivity contribution in [3.8, 4) is 11.3 Å². The van der Waals surface area contributed by atoms with Crippen molar-refractivity contribution in [2.45, 2.75) is 26.4 Å². The maximum absolute atomic E-state index is 12.1. The molecule has 0 aliphatic carbocycles. The van der Waals surface area contributed by atoms with Crippen LogP contribution in [0.5, 0.6) is 0 Å². The van der Waals surface area contributed by atoms with E-state index in [4.69, 9.17) is 9.94 Å². The van der Waals surface area contributed by atoms with Gasteiger partial charge in [0.25, 0.3) is 0 Å². The Labute approximate surface area is 137 Å². The average Bonchev–Trinajstić information content (AvgIpc) is 3.14. The van der Waals surface area contributed by atoms with Crippen LogP contribution in [0.1, 0.15) is 26.5 Å². The zero-order chi connectivity index (χ0) is 17.3. The third-order valence-corrected chi connectivity index (χ3v) is 3.03. The van der Waals surface area contributed by atoms with Crippen molar-refractivity contribution in [1.29, 1.82) is 0 Å². The summed E-state index contributed by atoms with van der Waals surface area (Å²) in [5, 5.41) is 19.9. The van der Waals surface area contributed by atoms with E-state index in [9.17, 15) is 4.79 Å². The van der Waals surface area contributed by atoms with Gasteiger partial charge in [-0.05, 0) is 26.8 Å². The van der Waals surface area contributed by atoms with Crippen molar-refractivity contribution >= 4 is 17.8 Å². The minimum Gasteiger partial charge on any atom is -0.442 e. The van der Waals surface area contributed by atoms with Crippen molar-refractivity contribution < 1.29 is 14.7 Å².